The first-order chi connectivity index (χ1) is 5.81. The van der Waals surface area contributed by atoms with Gasteiger partial charge in [0.25, 0.3) is 0 Å². The van der Waals surface area contributed by atoms with Crippen molar-refractivity contribution in [1.82, 2.24) is 4.98 Å². The van der Waals surface area contributed by atoms with Crippen LogP contribution in [0.3, 0.4) is 0 Å². The van der Waals surface area contributed by atoms with Crippen molar-refractivity contribution < 1.29 is 0 Å². The first kappa shape index (κ1) is 9.24. The summed E-state index contributed by atoms with van der Waals surface area (Å²) in [4.78, 5) is 4.09. The second-order valence-corrected chi connectivity index (χ2v) is 3.30. The van der Waals surface area contributed by atoms with Gasteiger partial charge < -0.3 is 0 Å². The lowest BCUT2D eigenvalue weighted by molar-refractivity contribution is 0.781. The van der Waals surface area contributed by atoms with Gasteiger partial charge in [0, 0.05) is 12.4 Å². The van der Waals surface area contributed by atoms with Crippen LogP contribution in [0.5, 0.6) is 0 Å². The molecule has 0 aromatic carbocycles. The van der Waals surface area contributed by atoms with E-state index in [1.165, 1.54) is 18.4 Å². The van der Waals surface area contributed by atoms with Crippen LogP contribution in [-0.2, 0) is 5.41 Å². The number of hydrogen-bond acceptors (Lipinski definition) is 1. The van der Waals surface area contributed by atoms with Gasteiger partial charge in [0.15, 0.2) is 0 Å². The van der Waals surface area contributed by atoms with Crippen LogP contribution < -0.4 is 0 Å². The van der Waals surface area contributed by atoms with Gasteiger partial charge in [-0.25, -0.2) is 0 Å². The standard InChI is InChI=1S/C9H11N.C2H6/c1-9(4-5-9)8-3-2-6-10-7-8;1-2/h2-3,6-7H,4-5H2,1H3;1-2H3. The van der Waals surface area contributed by atoms with Gasteiger partial charge in [-0.05, 0) is 29.9 Å². The number of rotatable bonds is 1. The van der Waals surface area contributed by atoms with E-state index in [0.717, 1.165) is 0 Å². The van der Waals surface area contributed by atoms with Crippen molar-refractivity contribution in [2.24, 2.45) is 0 Å². The molecule has 12 heavy (non-hydrogen) atoms. The molecule has 66 valence electrons. The second-order valence-electron chi connectivity index (χ2n) is 3.30. The lowest BCUT2D eigenvalue weighted by Crippen LogP contribution is -1.98. The quantitative estimate of drug-likeness (QED) is 0.619. The third kappa shape index (κ3) is 1.84. The normalized spacial score (nSPS) is 17.6. The Bertz CT molecular complexity index is 224. The van der Waals surface area contributed by atoms with Gasteiger partial charge in [0.05, 0.1) is 0 Å². The number of aromatic nitrogens is 1. The SMILES string of the molecule is CC.CC1(c2cccnc2)CC1. The molecule has 0 N–H and O–H groups in total. The third-order valence-corrected chi connectivity index (χ3v) is 2.36. The van der Waals surface area contributed by atoms with E-state index in [9.17, 15) is 0 Å². The van der Waals surface area contributed by atoms with Gasteiger partial charge >= 0.3 is 0 Å². The van der Waals surface area contributed by atoms with Gasteiger partial charge in [-0.15, -0.1) is 0 Å². The average Bonchev–Trinajstić information content (AvgIpc) is 2.90. The Labute approximate surface area is 74.8 Å². The molecule has 2 rings (SSSR count). The predicted octanol–water partition coefficient (Wildman–Crippen LogP) is 3.16. The van der Waals surface area contributed by atoms with Crippen molar-refractivity contribution in [2.45, 2.75) is 39.0 Å². The molecule has 0 radical (unpaired) electrons. The van der Waals surface area contributed by atoms with Crippen molar-refractivity contribution in [2.75, 3.05) is 0 Å². The highest BCUT2D eigenvalue weighted by molar-refractivity contribution is 5.26. The fourth-order valence-corrected chi connectivity index (χ4v) is 1.20. The fourth-order valence-electron chi connectivity index (χ4n) is 1.20. The van der Waals surface area contributed by atoms with E-state index in [4.69, 9.17) is 0 Å². The maximum absolute atomic E-state index is 4.09. The first-order valence-electron chi connectivity index (χ1n) is 4.72. The van der Waals surface area contributed by atoms with E-state index in [1.807, 2.05) is 32.3 Å². The molecule has 1 aromatic rings. The monoisotopic (exact) mass is 163 g/mol. The highest BCUT2D eigenvalue weighted by Gasteiger charge is 2.38. The molecular weight excluding hydrogens is 146 g/mol. The van der Waals surface area contributed by atoms with Crippen LogP contribution in [0.25, 0.3) is 0 Å². The summed E-state index contributed by atoms with van der Waals surface area (Å²) in [6.45, 7) is 6.30. The zero-order valence-corrected chi connectivity index (χ0v) is 8.17. The van der Waals surface area contributed by atoms with Crippen LogP contribution in [0.2, 0.25) is 0 Å². The van der Waals surface area contributed by atoms with Gasteiger partial charge in [-0.1, -0.05) is 26.8 Å². The largest absolute Gasteiger partial charge is 0.264 e. The molecule has 1 heteroatoms. The summed E-state index contributed by atoms with van der Waals surface area (Å²) < 4.78 is 0. The van der Waals surface area contributed by atoms with Gasteiger partial charge in [0.1, 0.15) is 0 Å². The minimum Gasteiger partial charge on any atom is -0.264 e. The number of nitrogens with zero attached hydrogens (tertiary/aromatic N) is 1. The molecule has 0 saturated heterocycles. The van der Waals surface area contributed by atoms with Crippen molar-refractivity contribution in [3.63, 3.8) is 0 Å². The summed E-state index contributed by atoms with van der Waals surface area (Å²) in [5.41, 5.74) is 1.88. The van der Waals surface area contributed by atoms with Gasteiger partial charge in [0.2, 0.25) is 0 Å². The Balaban J connectivity index is 0.000000336. The van der Waals surface area contributed by atoms with E-state index in [-0.39, 0.29) is 0 Å². The van der Waals surface area contributed by atoms with Gasteiger partial charge in [-0.3, -0.25) is 4.98 Å². The number of pyridine rings is 1. The van der Waals surface area contributed by atoms with Crippen LogP contribution in [-0.4, -0.2) is 4.98 Å². The Kier molecular flexibility index (Phi) is 2.85. The van der Waals surface area contributed by atoms with Crippen LogP contribution >= 0.6 is 0 Å². The highest BCUT2D eigenvalue weighted by Crippen LogP contribution is 2.46. The average molecular weight is 163 g/mol. The first-order valence-corrected chi connectivity index (χ1v) is 4.72. The molecule has 1 aliphatic rings. The number of hydrogen-bond donors (Lipinski definition) is 0. The van der Waals surface area contributed by atoms with Crippen LogP contribution in [0.4, 0.5) is 0 Å². The van der Waals surface area contributed by atoms with E-state index < -0.39 is 0 Å². The molecule has 1 aromatic heterocycles. The lowest BCUT2D eigenvalue weighted by atomic mass is 10.0. The molecule has 0 spiro atoms. The summed E-state index contributed by atoms with van der Waals surface area (Å²) in [6.07, 6.45) is 6.47. The van der Waals surface area contributed by atoms with E-state index >= 15 is 0 Å². The van der Waals surface area contributed by atoms with E-state index in [0.29, 0.717) is 5.41 Å². The Hall–Kier alpha value is -0.850. The summed E-state index contributed by atoms with van der Waals surface area (Å²) in [7, 11) is 0. The van der Waals surface area contributed by atoms with Crippen molar-refractivity contribution >= 4 is 0 Å². The minimum absolute atomic E-state index is 0.480. The molecule has 1 saturated carbocycles. The highest BCUT2D eigenvalue weighted by atomic mass is 14.6. The van der Waals surface area contributed by atoms with Crippen LogP contribution in [0.1, 0.15) is 39.2 Å². The molecule has 0 unspecified atom stereocenters. The fraction of sp³-hybridized carbons (Fsp3) is 0.545. The molecule has 0 bridgehead atoms. The smallest absolute Gasteiger partial charge is 0.0305 e. The minimum atomic E-state index is 0.480. The Morgan fingerprint density at radius 2 is 2.00 bits per heavy atom. The predicted molar refractivity (Wildman–Crippen MR) is 52.2 cm³/mol. The Morgan fingerprint density at radius 3 is 2.42 bits per heavy atom. The molecule has 0 atom stereocenters. The molecule has 0 aliphatic heterocycles. The summed E-state index contributed by atoms with van der Waals surface area (Å²) in [6, 6.07) is 4.18. The van der Waals surface area contributed by atoms with Crippen molar-refractivity contribution in [3.8, 4) is 0 Å². The maximum Gasteiger partial charge on any atom is 0.0305 e. The molecule has 1 heterocycles. The van der Waals surface area contributed by atoms with Crippen LogP contribution in [0, 0.1) is 0 Å². The van der Waals surface area contributed by atoms with Crippen LogP contribution in [0.15, 0.2) is 24.5 Å². The molecule has 1 aliphatic carbocycles. The zero-order chi connectivity index (χ0) is 9.03. The summed E-state index contributed by atoms with van der Waals surface area (Å²) in [5, 5.41) is 0. The van der Waals surface area contributed by atoms with E-state index in [2.05, 4.69) is 18.0 Å². The van der Waals surface area contributed by atoms with Crippen molar-refractivity contribution in [1.29, 1.82) is 0 Å². The lowest BCUT2D eigenvalue weighted by Gasteiger charge is -2.05. The topological polar surface area (TPSA) is 12.9 Å². The molecule has 1 nitrogen and oxygen atoms in total. The maximum atomic E-state index is 4.09. The van der Waals surface area contributed by atoms with Gasteiger partial charge in [-0.2, -0.15) is 0 Å². The molecule has 1 fully saturated rings. The second kappa shape index (κ2) is 3.70. The third-order valence-electron chi connectivity index (χ3n) is 2.36. The molecular formula is C11H17N. The molecule has 0 amide bonds. The van der Waals surface area contributed by atoms with E-state index in [1.54, 1.807) is 0 Å². The summed E-state index contributed by atoms with van der Waals surface area (Å²) in [5.74, 6) is 0. The summed E-state index contributed by atoms with van der Waals surface area (Å²) >= 11 is 0. The van der Waals surface area contributed by atoms with Crippen molar-refractivity contribution in [3.05, 3.63) is 30.1 Å². The zero-order valence-electron chi connectivity index (χ0n) is 8.17. The Morgan fingerprint density at radius 1 is 1.33 bits per heavy atom.